The van der Waals surface area contributed by atoms with Gasteiger partial charge in [-0.3, -0.25) is 14.5 Å². The van der Waals surface area contributed by atoms with Crippen LogP contribution < -0.4 is 11.1 Å². The summed E-state index contributed by atoms with van der Waals surface area (Å²) in [5.74, 6) is -0.616. The van der Waals surface area contributed by atoms with Gasteiger partial charge in [0.1, 0.15) is 5.75 Å². The summed E-state index contributed by atoms with van der Waals surface area (Å²) < 4.78 is 0. The average Bonchev–Trinajstić information content (AvgIpc) is 2.41. The van der Waals surface area contributed by atoms with Crippen molar-refractivity contribution >= 4 is 11.8 Å². The van der Waals surface area contributed by atoms with E-state index in [4.69, 9.17) is 5.73 Å². The first-order valence-electron chi connectivity index (χ1n) is 6.66. The molecule has 1 aliphatic rings. The van der Waals surface area contributed by atoms with Crippen molar-refractivity contribution in [1.29, 1.82) is 0 Å². The fourth-order valence-corrected chi connectivity index (χ4v) is 2.38. The Morgan fingerprint density at radius 2 is 1.95 bits per heavy atom. The molecular weight excluding hydrogens is 258 g/mol. The van der Waals surface area contributed by atoms with Crippen LogP contribution in [0.3, 0.4) is 0 Å². The van der Waals surface area contributed by atoms with Crippen LogP contribution in [0.25, 0.3) is 0 Å². The summed E-state index contributed by atoms with van der Waals surface area (Å²) in [6, 6.07) is 6.53. The lowest BCUT2D eigenvalue weighted by atomic mass is 10.0. The molecule has 1 aromatic carbocycles. The van der Waals surface area contributed by atoms with E-state index in [2.05, 4.69) is 5.32 Å². The van der Waals surface area contributed by atoms with Crippen LogP contribution in [-0.4, -0.2) is 47.5 Å². The molecule has 1 saturated heterocycles. The van der Waals surface area contributed by atoms with Gasteiger partial charge in [-0.05, 0) is 25.0 Å². The van der Waals surface area contributed by atoms with E-state index in [0.717, 1.165) is 25.9 Å². The van der Waals surface area contributed by atoms with Gasteiger partial charge >= 0.3 is 0 Å². The van der Waals surface area contributed by atoms with Gasteiger partial charge in [-0.15, -0.1) is 0 Å². The molecule has 0 bridgehead atoms. The zero-order valence-electron chi connectivity index (χ0n) is 11.2. The minimum absolute atomic E-state index is 0.0174. The predicted octanol–water partition coefficient (Wildman–Crippen LogP) is 0.0717. The van der Waals surface area contributed by atoms with E-state index in [0.29, 0.717) is 0 Å². The minimum Gasteiger partial charge on any atom is -0.507 e. The Balaban J connectivity index is 1.85. The van der Waals surface area contributed by atoms with Gasteiger partial charge in [0, 0.05) is 19.1 Å². The van der Waals surface area contributed by atoms with E-state index in [1.54, 1.807) is 18.2 Å². The predicted molar refractivity (Wildman–Crippen MR) is 74.2 cm³/mol. The first kappa shape index (κ1) is 14.3. The summed E-state index contributed by atoms with van der Waals surface area (Å²) in [5.41, 5.74) is 5.44. The van der Waals surface area contributed by atoms with Crippen molar-refractivity contribution in [3.8, 4) is 5.75 Å². The molecule has 6 nitrogen and oxygen atoms in total. The van der Waals surface area contributed by atoms with Crippen molar-refractivity contribution in [2.75, 3.05) is 19.6 Å². The number of rotatable bonds is 4. The maximum Gasteiger partial charge on any atom is 0.255 e. The van der Waals surface area contributed by atoms with E-state index < -0.39 is 0 Å². The molecule has 0 atom stereocenters. The molecule has 0 aromatic heterocycles. The largest absolute Gasteiger partial charge is 0.507 e. The van der Waals surface area contributed by atoms with E-state index in [1.165, 1.54) is 6.07 Å². The number of piperidine rings is 1. The summed E-state index contributed by atoms with van der Waals surface area (Å²) in [7, 11) is 0. The Hall–Kier alpha value is -2.08. The number of primary amides is 1. The highest BCUT2D eigenvalue weighted by Gasteiger charge is 2.22. The number of amides is 2. The van der Waals surface area contributed by atoms with Crippen molar-refractivity contribution in [3.63, 3.8) is 0 Å². The molecule has 20 heavy (non-hydrogen) atoms. The lowest BCUT2D eigenvalue weighted by Gasteiger charge is -2.31. The number of phenols is 1. The Bertz CT molecular complexity index is 496. The molecule has 1 aromatic rings. The first-order valence-corrected chi connectivity index (χ1v) is 6.66. The second-order valence-corrected chi connectivity index (χ2v) is 5.01. The number of carbonyl (C=O) groups excluding carboxylic acids is 2. The molecule has 0 unspecified atom stereocenters. The number of nitrogens with two attached hydrogens (primary N) is 1. The van der Waals surface area contributed by atoms with Gasteiger partial charge in [0.15, 0.2) is 0 Å². The molecule has 2 amide bonds. The summed E-state index contributed by atoms with van der Waals surface area (Å²) >= 11 is 0. The Morgan fingerprint density at radius 3 is 2.55 bits per heavy atom. The molecule has 6 heteroatoms. The third-order valence-corrected chi connectivity index (χ3v) is 3.45. The van der Waals surface area contributed by atoms with Crippen molar-refractivity contribution in [2.45, 2.75) is 18.9 Å². The van der Waals surface area contributed by atoms with Crippen LogP contribution >= 0.6 is 0 Å². The molecule has 2 rings (SSSR count). The smallest absolute Gasteiger partial charge is 0.255 e. The molecule has 1 aliphatic heterocycles. The number of benzene rings is 1. The lowest BCUT2D eigenvalue weighted by Crippen LogP contribution is -2.46. The number of carbonyl (C=O) groups is 2. The van der Waals surface area contributed by atoms with Crippen LogP contribution in [0.2, 0.25) is 0 Å². The number of nitrogens with zero attached hydrogens (tertiary/aromatic N) is 1. The molecule has 0 saturated carbocycles. The Morgan fingerprint density at radius 1 is 1.30 bits per heavy atom. The fraction of sp³-hybridized carbons (Fsp3) is 0.429. The highest BCUT2D eigenvalue weighted by Crippen LogP contribution is 2.17. The van der Waals surface area contributed by atoms with Gasteiger partial charge in [0.2, 0.25) is 5.91 Å². The number of aromatic hydroxyl groups is 1. The second-order valence-electron chi connectivity index (χ2n) is 5.01. The number of likely N-dealkylation sites (tertiary alicyclic amines) is 1. The maximum atomic E-state index is 12.0. The standard InChI is InChI=1S/C14H19N3O3/c15-13(19)9-17-7-5-10(6-8-17)16-14(20)11-3-1-2-4-12(11)18/h1-4,10,18H,5-9H2,(H2,15,19)(H,16,20). The molecular formula is C14H19N3O3. The van der Waals surface area contributed by atoms with Crippen LogP contribution in [0.15, 0.2) is 24.3 Å². The van der Waals surface area contributed by atoms with Gasteiger partial charge < -0.3 is 16.2 Å². The third-order valence-electron chi connectivity index (χ3n) is 3.45. The summed E-state index contributed by atoms with van der Waals surface area (Å²) in [6.07, 6.45) is 1.54. The van der Waals surface area contributed by atoms with Gasteiger partial charge in [-0.25, -0.2) is 0 Å². The molecule has 1 fully saturated rings. The van der Waals surface area contributed by atoms with Crippen molar-refractivity contribution in [2.24, 2.45) is 5.73 Å². The zero-order chi connectivity index (χ0) is 14.5. The van der Waals surface area contributed by atoms with E-state index in [1.807, 2.05) is 4.90 Å². The van der Waals surface area contributed by atoms with Crippen LogP contribution in [0.1, 0.15) is 23.2 Å². The van der Waals surface area contributed by atoms with Crippen molar-refractivity contribution < 1.29 is 14.7 Å². The molecule has 0 spiro atoms. The van der Waals surface area contributed by atoms with Gasteiger partial charge in [0.05, 0.1) is 12.1 Å². The molecule has 1 heterocycles. The maximum absolute atomic E-state index is 12.0. The van der Waals surface area contributed by atoms with Crippen LogP contribution in [0.5, 0.6) is 5.75 Å². The van der Waals surface area contributed by atoms with Crippen LogP contribution in [-0.2, 0) is 4.79 Å². The van der Waals surface area contributed by atoms with Gasteiger partial charge in [0.25, 0.3) is 5.91 Å². The number of nitrogens with one attached hydrogen (secondary N) is 1. The van der Waals surface area contributed by atoms with Gasteiger partial charge in [-0.2, -0.15) is 0 Å². The quantitative estimate of drug-likeness (QED) is 0.726. The molecule has 108 valence electrons. The van der Waals surface area contributed by atoms with Crippen LogP contribution in [0.4, 0.5) is 0 Å². The highest BCUT2D eigenvalue weighted by atomic mass is 16.3. The number of phenolic OH excluding ortho intramolecular Hbond substituents is 1. The fourth-order valence-electron chi connectivity index (χ4n) is 2.38. The Kier molecular flexibility index (Phi) is 4.57. The SMILES string of the molecule is NC(=O)CN1CCC(NC(=O)c2ccccc2O)CC1. The Labute approximate surface area is 117 Å². The summed E-state index contributed by atoms with van der Waals surface area (Å²) in [4.78, 5) is 24.8. The third kappa shape index (κ3) is 3.71. The van der Waals surface area contributed by atoms with Crippen molar-refractivity contribution in [3.05, 3.63) is 29.8 Å². The summed E-state index contributed by atoms with van der Waals surface area (Å²) in [6.45, 7) is 1.73. The minimum atomic E-state index is -0.332. The summed E-state index contributed by atoms with van der Waals surface area (Å²) in [5, 5.41) is 12.5. The van der Waals surface area contributed by atoms with Crippen molar-refractivity contribution in [1.82, 2.24) is 10.2 Å². The number of para-hydroxylation sites is 1. The van der Waals surface area contributed by atoms with E-state index >= 15 is 0 Å². The first-order chi connectivity index (χ1) is 9.56. The lowest BCUT2D eigenvalue weighted by molar-refractivity contribution is -0.119. The number of hydrogen-bond acceptors (Lipinski definition) is 4. The van der Waals surface area contributed by atoms with E-state index in [9.17, 15) is 14.7 Å². The highest BCUT2D eigenvalue weighted by molar-refractivity contribution is 5.96. The molecule has 4 N–H and O–H groups in total. The topological polar surface area (TPSA) is 95.7 Å². The molecule has 0 aliphatic carbocycles. The normalized spacial score (nSPS) is 16.8. The second kappa shape index (κ2) is 6.38. The zero-order valence-corrected chi connectivity index (χ0v) is 11.2. The van der Waals surface area contributed by atoms with Gasteiger partial charge in [-0.1, -0.05) is 12.1 Å². The monoisotopic (exact) mass is 277 g/mol. The number of hydrogen-bond donors (Lipinski definition) is 3. The van der Waals surface area contributed by atoms with Crippen LogP contribution in [0, 0.1) is 0 Å². The average molecular weight is 277 g/mol. The van der Waals surface area contributed by atoms with E-state index in [-0.39, 0.29) is 35.7 Å². The molecule has 0 radical (unpaired) electrons.